The molecule has 0 fully saturated rings. The molecule has 8 nitrogen and oxygen atoms in total. The van der Waals surface area contributed by atoms with Crippen LogP contribution in [0.4, 0.5) is 4.79 Å². The number of benzene rings is 1. The van der Waals surface area contributed by atoms with Gasteiger partial charge in [0.25, 0.3) is 5.56 Å². The van der Waals surface area contributed by atoms with Crippen LogP contribution in [-0.2, 0) is 24.3 Å². The molecular formula is C19H19N5O3. The number of carbonyl (C=O) groups excluding carboxylic acids is 1. The van der Waals surface area contributed by atoms with Crippen molar-refractivity contribution in [3.05, 3.63) is 63.8 Å². The number of hydrogen-bond donors (Lipinski definition) is 2. The van der Waals surface area contributed by atoms with Crippen LogP contribution in [0.2, 0.25) is 0 Å². The molecule has 0 saturated heterocycles. The number of fused-ring (bicyclic) bond motifs is 1. The van der Waals surface area contributed by atoms with Gasteiger partial charge in [-0.3, -0.25) is 4.79 Å². The molecular weight excluding hydrogens is 346 g/mol. The number of carbonyl (C=O) groups is 1. The van der Waals surface area contributed by atoms with Crippen molar-refractivity contribution in [1.82, 2.24) is 19.9 Å². The number of alkyl carbamates (subject to hydrolysis) is 1. The summed E-state index contributed by atoms with van der Waals surface area (Å²) in [6, 6.07) is 11.5. The summed E-state index contributed by atoms with van der Waals surface area (Å²) in [5.74, 6) is 0. The zero-order chi connectivity index (χ0) is 19.2. The third-order valence-corrected chi connectivity index (χ3v) is 4.22. The van der Waals surface area contributed by atoms with E-state index in [-0.39, 0.29) is 18.7 Å². The second-order valence-electron chi connectivity index (χ2n) is 5.85. The van der Waals surface area contributed by atoms with E-state index in [1.54, 1.807) is 4.57 Å². The highest BCUT2D eigenvalue weighted by Gasteiger charge is 2.19. The Labute approximate surface area is 155 Å². The summed E-state index contributed by atoms with van der Waals surface area (Å²) < 4.78 is 6.93. The fourth-order valence-electron chi connectivity index (χ4n) is 3.02. The SMILES string of the molecule is CCn1c(CCNC(=O)OCc2ccccc2)c(C#N)c2nc[nH]c(=O)c21. The lowest BCUT2D eigenvalue weighted by Gasteiger charge is -2.09. The molecule has 138 valence electrons. The van der Waals surface area contributed by atoms with Crippen molar-refractivity contribution in [2.75, 3.05) is 6.54 Å². The van der Waals surface area contributed by atoms with Gasteiger partial charge in [0.1, 0.15) is 23.7 Å². The molecule has 1 aromatic carbocycles. The molecule has 0 aliphatic heterocycles. The zero-order valence-corrected chi connectivity index (χ0v) is 14.9. The Morgan fingerprint density at radius 1 is 1.37 bits per heavy atom. The lowest BCUT2D eigenvalue weighted by Crippen LogP contribution is -2.27. The van der Waals surface area contributed by atoms with E-state index >= 15 is 0 Å². The predicted molar refractivity (Wildman–Crippen MR) is 99.1 cm³/mol. The van der Waals surface area contributed by atoms with Crippen LogP contribution in [0.1, 0.15) is 23.7 Å². The first kappa shape index (κ1) is 18.2. The number of aromatic nitrogens is 3. The van der Waals surface area contributed by atoms with Gasteiger partial charge in [-0.15, -0.1) is 0 Å². The van der Waals surface area contributed by atoms with Crippen molar-refractivity contribution >= 4 is 17.1 Å². The molecule has 27 heavy (non-hydrogen) atoms. The van der Waals surface area contributed by atoms with Gasteiger partial charge in [-0.05, 0) is 12.5 Å². The van der Waals surface area contributed by atoms with Gasteiger partial charge in [0.2, 0.25) is 0 Å². The molecule has 2 aromatic heterocycles. The average molecular weight is 365 g/mol. The van der Waals surface area contributed by atoms with E-state index in [1.807, 2.05) is 37.3 Å². The molecule has 0 aliphatic rings. The molecule has 0 bridgehead atoms. The number of H-pyrrole nitrogens is 1. The van der Waals surface area contributed by atoms with Crippen LogP contribution in [0.25, 0.3) is 11.0 Å². The molecule has 3 aromatic rings. The first-order chi connectivity index (χ1) is 13.2. The molecule has 0 saturated carbocycles. The van der Waals surface area contributed by atoms with E-state index < -0.39 is 6.09 Å². The van der Waals surface area contributed by atoms with Crippen molar-refractivity contribution in [1.29, 1.82) is 5.26 Å². The van der Waals surface area contributed by atoms with E-state index in [0.717, 1.165) is 5.56 Å². The van der Waals surface area contributed by atoms with Gasteiger partial charge in [0.15, 0.2) is 0 Å². The van der Waals surface area contributed by atoms with E-state index in [0.29, 0.717) is 35.3 Å². The van der Waals surface area contributed by atoms with Gasteiger partial charge in [-0.2, -0.15) is 5.26 Å². The number of rotatable bonds is 6. The molecule has 2 heterocycles. The van der Waals surface area contributed by atoms with E-state index in [2.05, 4.69) is 21.4 Å². The van der Waals surface area contributed by atoms with Crippen molar-refractivity contribution in [2.45, 2.75) is 26.5 Å². The Hall–Kier alpha value is -3.60. The molecule has 0 unspecified atom stereocenters. The highest BCUT2D eigenvalue weighted by Crippen LogP contribution is 2.21. The Kier molecular flexibility index (Phi) is 5.52. The molecule has 0 atom stereocenters. The van der Waals surface area contributed by atoms with Crippen LogP contribution in [0.15, 0.2) is 41.5 Å². The molecule has 8 heteroatoms. The average Bonchev–Trinajstić information content (AvgIpc) is 3.01. The van der Waals surface area contributed by atoms with E-state index in [4.69, 9.17) is 4.74 Å². The van der Waals surface area contributed by atoms with Crippen molar-refractivity contribution in [2.24, 2.45) is 0 Å². The summed E-state index contributed by atoms with van der Waals surface area (Å²) >= 11 is 0. The summed E-state index contributed by atoms with van der Waals surface area (Å²) in [5.41, 5.74) is 2.39. The Bertz CT molecular complexity index is 1050. The second-order valence-corrected chi connectivity index (χ2v) is 5.85. The van der Waals surface area contributed by atoms with Crippen LogP contribution in [0, 0.1) is 11.3 Å². The summed E-state index contributed by atoms with van der Waals surface area (Å²) in [4.78, 5) is 30.7. The van der Waals surface area contributed by atoms with Gasteiger partial charge in [0, 0.05) is 25.2 Å². The molecule has 0 spiro atoms. The zero-order valence-electron chi connectivity index (χ0n) is 14.9. The smallest absolute Gasteiger partial charge is 0.407 e. The van der Waals surface area contributed by atoms with Crippen LogP contribution >= 0.6 is 0 Å². The number of aryl methyl sites for hydroxylation is 1. The Balaban J connectivity index is 1.68. The summed E-state index contributed by atoms with van der Waals surface area (Å²) in [6.07, 6.45) is 1.13. The Morgan fingerprint density at radius 2 is 2.15 bits per heavy atom. The Morgan fingerprint density at radius 3 is 2.85 bits per heavy atom. The van der Waals surface area contributed by atoms with Gasteiger partial charge < -0.3 is 19.6 Å². The highest BCUT2D eigenvalue weighted by atomic mass is 16.5. The normalized spacial score (nSPS) is 10.5. The summed E-state index contributed by atoms with van der Waals surface area (Å²) in [5, 5.41) is 12.2. The lowest BCUT2D eigenvalue weighted by molar-refractivity contribution is 0.140. The number of nitrogens with zero attached hydrogens (tertiary/aromatic N) is 3. The van der Waals surface area contributed by atoms with Crippen LogP contribution in [0.3, 0.4) is 0 Å². The minimum Gasteiger partial charge on any atom is -0.445 e. The van der Waals surface area contributed by atoms with Gasteiger partial charge in [-0.25, -0.2) is 9.78 Å². The van der Waals surface area contributed by atoms with Gasteiger partial charge >= 0.3 is 6.09 Å². The fraction of sp³-hybridized carbons (Fsp3) is 0.263. The van der Waals surface area contributed by atoms with Crippen LogP contribution in [0.5, 0.6) is 0 Å². The number of aromatic amines is 1. The largest absolute Gasteiger partial charge is 0.445 e. The van der Waals surface area contributed by atoms with Crippen molar-refractivity contribution in [3.8, 4) is 6.07 Å². The first-order valence-corrected chi connectivity index (χ1v) is 8.59. The van der Waals surface area contributed by atoms with Crippen LogP contribution < -0.4 is 10.9 Å². The summed E-state index contributed by atoms with van der Waals surface area (Å²) in [6.45, 7) is 2.86. The standard InChI is InChI=1S/C19H19N5O3/c1-2-24-15(14(10-20)16-17(24)18(25)23-12-22-16)8-9-21-19(26)27-11-13-6-4-3-5-7-13/h3-7,12H,2,8-9,11H2,1H3,(H,21,26)(H,22,23,25). The molecule has 2 N–H and O–H groups in total. The van der Waals surface area contributed by atoms with E-state index in [9.17, 15) is 14.9 Å². The minimum absolute atomic E-state index is 0.185. The maximum atomic E-state index is 12.1. The third-order valence-electron chi connectivity index (χ3n) is 4.22. The van der Waals surface area contributed by atoms with Gasteiger partial charge in [-0.1, -0.05) is 30.3 Å². The second kappa shape index (κ2) is 8.19. The van der Waals surface area contributed by atoms with Crippen molar-refractivity contribution < 1.29 is 9.53 Å². The molecule has 1 amide bonds. The van der Waals surface area contributed by atoms with Gasteiger partial charge in [0.05, 0.1) is 11.9 Å². The topological polar surface area (TPSA) is 113 Å². The predicted octanol–water partition coefficient (Wildman–Crippen LogP) is 2.09. The third kappa shape index (κ3) is 3.82. The lowest BCUT2D eigenvalue weighted by atomic mass is 10.2. The quantitative estimate of drug-likeness (QED) is 0.694. The maximum Gasteiger partial charge on any atom is 0.407 e. The first-order valence-electron chi connectivity index (χ1n) is 8.59. The molecule has 0 aliphatic carbocycles. The molecule has 3 rings (SSSR count). The number of nitrogens with one attached hydrogen (secondary N) is 2. The van der Waals surface area contributed by atoms with Crippen molar-refractivity contribution in [3.63, 3.8) is 0 Å². The summed E-state index contributed by atoms with van der Waals surface area (Å²) in [7, 11) is 0. The van der Waals surface area contributed by atoms with E-state index in [1.165, 1.54) is 6.33 Å². The molecule has 0 radical (unpaired) electrons. The van der Waals surface area contributed by atoms with Crippen LogP contribution in [-0.4, -0.2) is 27.2 Å². The monoisotopic (exact) mass is 365 g/mol. The number of nitriles is 1. The number of amides is 1. The fourth-order valence-corrected chi connectivity index (χ4v) is 3.02. The number of ether oxygens (including phenoxy) is 1. The number of hydrogen-bond acceptors (Lipinski definition) is 5. The highest BCUT2D eigenvalue weighted by molar-refractivity contribution is 5.83. The maximum absolute atomic E-state index is 12.1. The minimum atomic E-state index is -0.535.